The maximum atomic E-state index is 5.12. The fourth-order valence-corrected chi connectivity index (χ4v) is 3.01. The van der Waals surface area contributed by atoms with Crippen LogP contribution < -0.4 is 0 Å². The van der Waals surface area contributed by atoms with E-state index in [4.69, 9.17) is 9.47 Å². The average Bonchev–Trinajstić information content (AvgIpc) is 2.65. The van der Waals surface area contributed by atoms with Crippen LogP contribution in [0.4, 0.5) is 0 Å². The normalized spacial score (nSPS) is 18.7. The van der Waals surface area contributed by atoms with Crippen molar-refractivity contribution in [2.24, 2.45) is 5.92 Å². The summed E-state index contributed by atoms with van der Waals surface area (Å²) in [5.41, 5.74) is 0. The van der Waals surface area contributed by atoms with Crippen molar-refractivity contribution >= 4 is 11.8 Å². The second-order valence-corrected chi connectivity index (χ2v) is 4.66. The van der Waals surface area contributed by atoms with E-state index in [1.807, 2.05) is 11.8 Å². The standard InChI is InChI=1S/C10H20O2S/c1-11-10(12-2)8-13-7-9-5-3-4-6-9/h9-10H,3-8H2,1-2H3. The van der Waals surface area contributed by atoms with E-state index in [-0.39, 0.29) is 6.29 Å². The molecule has 0 radical (unpaired) electrons. The molecule has 1 aliphatic carbocycles. The highest BCUT2D eigenvalue weighted by Crippen LogP contribution is 2.28. The van der Waals surface area contributed by atoms with Crippen molar-refractivity contribution in [3.8, 4) is 0 Å². The Morgan fingerprint density at radius 2 is 1.85 bits per heavy atom. The summed E-state index contributed by atoms with van der Waals surface area (Å²) in [5.74, 6) is 3.20. The van der Waals surface area contributed by atoms with E-state index in [9.17, 15) is 0 Å². The number of thioether (sulfide) groups is 1. The van der Waals surface area contributed by atoms with Gasteiger partial charge in [0, 0.05) is 20.0 Å². The molecule has 0 aromatic rings. The minimum absolute atomic E-state index is 0.0218. The van der Waals surface area contributed by atoms with Crippen LogP contribution in [-0.4, -0.2) is 32.0 Å². The minimum Gasteiger partial charge on any atom is -0.355 e. The van der Waals surface area contributed by atoms with Crippen LogP contribution in [0.3, 0.4) is 0 Å². The summed E-state index contributed by atoms with van der Waals surface area (Å²) in [6, 6.07) is 0. The topological polar surface area (TPSA) is 18.5 Å². The molecule has 2 nitrogen and oxygen atoms in total. The van der Waals surface area contributed by atoms with E-state index in [0.717, 1.165) is 11.7 Å². The first-order valence-electron chi connectivity index (χ1n) is 5.00. The summed E-state index contributed by atoms with van der Waals surface area (Å²) in [4.78, 5) is 0. The van der Waals surface area contributed by atoms with Crippen LogP contribution >= 0.6 is 11.8 Å². The van der Waals surface area contributed by atoms with Gasteiger partial charge in [-0.1, -0.05) is 12.8 Å². The molecule has 1 aliphatic rings. The first kappa shape index (κ1) is 11.3. The van der Waals surface area contributed by atoms with E-state index in [2.05, 4.69) is 0 Å². The highest BCUT2D eigenvalue weighted by atomic mass is 32.2. The Hall–Kier alpha value is 0.270. The van der Waals surface area contributed by atoms with Crippen LogP contribution in [0.25, 0.3) is 0 Å². The van der Waals surface area contributed by atoms with Gasteiger partial charge in [-0.3, -0.25) is 0 Å². The predicted octanol–water partition coefficient (Wildman–Crippen LogP) is 2.53. The Kier molecular flexibility index (Phi) is 5.83. The predicted molar refractivity (Wildman–Crippen MR) is 57.1 cm³/mol. The maximum Gasteiger partial charge on any atom is 0.165 e. The van der Waals surface area contributed by atoms with E-state index >= 15 is 0 Å². The minimum atomic E-state index is -0.0218. The number of methoxy groups -OCH3 is 2. The van der Waals surface area contributed by atoms with Gasteiger partial charge in [-0.2, -0.15) is 11.8 Å². The molecule has 0 amide bonds. The van der Waals surface area contributed by atoms with Gasteiger partial charge in [0.05, 0.1) is 0 Å². The van der Waals surface area contributed by atoms with E-state index < -0.39 is 0 Å². The van der Waals surface area contributed by atoms with Gasteiger partial charge in [-0.15, -0.1) is 0 Å². The quantitative estimate of drug-likeness (QED) is 0.619. The molecule has 1 fully saturated rings. The van der Waals surface area contributed by atoms with Crippen molar-refractivity contribution in [3.63, 3.8) is 0 Å². The number of rotatable bonds is 6. The summed E-state index contributed by atoms with van der Waals surface area (Å²) >= 11 is 1.96. The summed E-state index contributed by atoms with van der Waals surface area (Å²) in [6.45, 7) is 0. The van der Waals surface area contributed by atoms with Crippen LogP contribution in [0.1, 0.15) is 25.7 Å². The zero-order chi connectivity index (χ0) is 9.52. The molecule has 0 aromatic carbocycles. The van der Waals surface area contributed by atoms with Crippen molar-refractivity contribution in [1.82, 2.24) is 0 Å². The van der Waals surface area contributed by atoms with Crippen molar-refractivity contribution in [3.05, 3.63) is 0 Å². The smallest absolute Gasteiger partial charge is 0.165 e. The van der Waals surface area contributed by atoms with E-state index in [1.165, 1.54) is 31.4 Å². The van der Waals surface area contributed by atoms with Gasteiger partial charge < -0.3 is 9.47 Å². The third-order valence-electron chi connectivity index (χ3n) is 2.61. The molecular weight excluding hydrogens is 184 g/mol. The Morgan fingerprint density at radius 3 is 2.38 bits per heavy atom. The molecule has 0 N–H and O–H groups in total. The van der Waals surface area contributed by atoms with Crippen molar-refractivity contribution in [2.45, 2.75) is 32.0 Å². The van der Waals surface area contributed by atoms with E-state index in [1.54, 1.807) is 14.2 Å². The van der Waals surface area contributed by atoms with Crippen LogP contribution in [-0.2, 0) is 9.47 Å². The third kappa shape index (κ3) is 4.34. The molecule has 78 valence electrons. The molecule has 0 unspecified atom stereocenters. The van der Waals surface area contributed by atoms with Crippen LogP contribution in [0.2, 0.25) is 0 Å². The molecule has 1 rings (SSSR count). The molecule has 0 aliphatic heterocycles. The van der Waals surface area contributed by atoms with Crippen molar-refractivity contribution < 1.29 is 9.47 Å². The molecule has 0 bridgehead atoms. The van der Waals surface area contributed by atoms with Crippen molar-refractivity contribution in [2.75, 3.05) is 25.7 Å². The highest BCUT2D eigenvalue weighted by Gasteiger charge is 2.15. The fraction of sp³-hybridized carbons (Fsp3) is 1.00. The van der Waals surface area contributed by atoms with Gasteiger partial charge in [-0.05, 0) is 24.5 Å². The Morgan fingerprint density at radius 1 is 1.23 bits per heavy atom. The zero-order valence-corrected chi connectivity index (χ0v) is 9.44. The highest BCUT2D eigenvalue weighted by molar-refractivity contribution is 7.99. The Balaban J connectivity index is 1.98. The number of hydrogen-bond donors (Lipinski definition) is 0. The van der Waals surface area contributed by atoms with Gasteiger partial charge >= 0.3 is 0 Å². The molecule has 0 aromatic heterocycles. The van der Waals surface area contributed by atoms with Crippen molar-refractivity contribution in [1.29, 1.82) is 0 Å². The average molecular weight is 204 g/mol. The summed E-state index contributed by atoms with van der Waals surface area (Å²) in [5, 5.41) is 0. The fourth-order valence-electron chi connectivity index (χ4n) is 1.74. The largest absolute Gasteiger partial charge is 0.355 e. The second-order valence-electron chi connectivity index (χ2n) is 3.59. The summed E-state index contributed by atoms with van der Waals surface area (Å²) < 4.78 is 10.2. The monoisotopic (exact) mass is 204 g/mol. The molecule has 3 heteroatoms. The third-order valence-corrected chi connectivity index (χ3v) is 3.82. The summed E-state index contributed by atoms with van der Waals surface area (Å²) in [7, 11) is 3.40. The second kappa shape index (κ2) is 6.68. The number of ether oxygens (including phenoxy) is 2. The molecular formula is C10H20O2S. The Bertz CT molecular complexity index is 118. The molecule has 0 spiro atoms. The first-order valence-corrected chi connectivity index (χ1v) is 6.15. The lowest BCUT2D eigenvalue weighted by Gasteiger charge is -2.14. The molecule has 0 atom stereocenters. The lowest BCUT2D eigenvalue weighted by molar-refractivity contribution is -0.0842. The van der Waals surface area contributed by atoms with Crippen LogP contribution in [0.5, 0.6) is 0 Å². The molecule has 13 heavy (non-hydrogen) atoms. The SMILES string of the molecule is COC(CSCC1CCCC1)OC. The van der Waals surface area contributed by atoms with Gasteiger partial charge in [0.2, 0.25) is 0 Å². The maximum absolute atomic E-state index is 5.12. The first-order chi connectivity index (χ1) is 6.36. The lowest BCUT2D eigenvalue weighted by Crippen LogP contribution is -2.16. The Labute approximate surface area is 85.4 Å². The zero-order valence-electron chi connectivity index (χ0n) is 8.62. The van der Waals surface area contributed by atoms with Gasteiger partial charge in [-0.25, -0.2) is 0 Å². The van der Waals surface area contributed by atoms with Gasteiger partial charge in [0.25, 0.3) is 0 Å². The van der Waals surface area contributed by atoms with E-state index in [0.29, 0.717) is 0 Å². The molecule has 0 saturated heterocycles. The summed E-state index contributed by atoms with van der Waals surface area (Å²) in [6.07, 6.45) is 5.70. The van der Waals surface area contributed by atoms with Crippen LogP contribution in [0, 0.1) is 5.92 Å². The number of hydrogen-bond acceptors (Lipinski definition) is 3. The lowest BCUT2D eigenvalue weighted by atomic mass is 10.1. The molecule has 1 saturated carbocycles. The van der Waals surface area contributed by atoms with Crippen LogP contribution in [0.15, 0.2) is 0 Å². The molecule has 0 heterocycles. The van der Waals surface area contributed by atoms with Gasteiger partial charge in [0.1, 0.15) is 0 Å². The van der Waals surface area contributed by atoms with Gasteiger partial charge in [0.15, 0.2) is 6.29 Å².